The fourth-order valence-corrected chi connectivity index (χ4v) is 1.93. The van der Waals surface area contributed by atoms with Gasteiger partial charge in [-0.1, -0.05) is 19.4 Å². The fraction of sp³-hybridized carbons (Fsp3) is 0.312. The average molecular weight is 281 g/mol. The Morgan fingerprint density at radius 2 is 2.00 bits per heavy atom. The molecule has 5 nitrogen and oxygen atoms in total. The van der Waals surface area contributed by atoms with Gasteiger partial charge in [0.05, 0.1) is 11.6 Å². The van der Waals surface area contributed by atoms with E-state index in [1.165, 1.54) is 0 Å². The number of aromatic nitrogens is 2. The number of benzene rings is 1. The topological polar surface area (TPSA) is 73.6 Å². The Morgan fingerprint density at radius 1 is 1.19 bits per heavy atom. The molecule has 0 bridgehead atoms. The third-order valence-electron chi connectivity index (χ3n) is 2.94. The van der Waals surface area contributed by atoms with Crippen molar-refractivity contribution >= 4 is 17.3 Å². The summed E-state index contributed by atoms with van der Waals surface area (Å²) in [5.74, 6) is 2.24. The van der Waals surface area contributed by atoms with Crippen LogP contribution in [0.25, 0.3) is 0 Å². The lowest BCUT2D eigenvalue weighted by Crippen LogP contribution is -2.06. The molecule has 108 valence electrons. The van der Waals surface area contributed by atoms with Crippen LogP contribution in [-0.2, 0) is 0 Å². The molecule has 0 unspecified atom stereocenters. The van der Waals surface area contributed by atoms with Crippen LogP contribution in [0.15, 0.2) is 30.3 Å². The molecule has 21 heavy (non-hydrogen) atoms. The Balaban J connectivity index is 2.13. The molecule has 1 aromatic heterocycles. The zero-order valence-electron chi connectivity index (χ0n) is 12.3. The number of aryl methyl sites for hydroxylation is 1. The molecule has 2 aromatic rings. The lowest BCUT2D eigenvalue weighted by Gasteiger charge is -2.10. The smallest absolute Gasteiger partial charge is 0.136 e. The molecule has 0 saturated heterocycles. The van der Waals surface area contributed by atoms with Crippen LogP contribution in [0.1, 0.15) is 31.2 Å². The van der Waals surface area contributed by atoms with E-state index in [4.69, 9.17) is 5.26 Å². The summed E-state index contributed by atoms with van der Waals surface area (Å²) < 4.78 is 0. The molecular formula is C16H19N5. The number of unbranched alkanes of at least 4 members (excludes halogenated alkanes) is 1. The summed E-state index contributed by atoms with van der Waals surface area (Å²) in [6.07, 6.45) is 2.25. The summed E-state index contributed by atoms with van der Waals surface area (Å²) in [5, 5.41) is 15.4. The molecule has 0 fully saturated rings. The molecule has 2 N–H and O–H groups in total. The van der Waals surface area contributed by atoms with E-state index < -0.39 is 0 Å². The lowest BCUT2D eigenvalue weighted by molar-refractivity contribution is 0.829. The van der Waals surface area contributed by atoms with Crippen molar-refractivity contribution in [3.63, 3.8) is 0 Å². The predicted molar refractivity (Wildman–Crippen MR) is 84.6 cm³/mol. The van der Waals surface area contributed by atoms with Gasteiger partial charge in [0, 0.05) is 18.3 Å². The SMILES string of the molecule is CCCCNc1cc(Nc2cccc(C#N)c2)nc(C)n1. The first-order valence-electron chi connectivity index (χ1n) is 7.08. The first-order valence-corrected chi connectivity index (χ1v) is 7.08. The van der Waals surface area contributed by atoms with Crippen LogP contribution < -0.4 is 10.6 Å². The Bertz CT molecular complexity index is 645. The van der Waals surface area contributed by atoms with Gasteiger partial charge in [0.25, 0.3) is 0 Å². The largest absolute Gasteiger partial charge is 0.370 e. The van der Waals surface area contributed by atoms with E-state index in [2.05, 4.69) is 33.6 Å². The Labute approximate surface area is 125 Å². The van der Waals surface area contributed by atoms with Crippen molar-refractivity contribution in [3.05, 3.63) is 41.7 Å². The highest BCUT2D eigenvalue weighted by molar-refractivity contribution is 5.60. The number of anilines is 3. The monoisotopic (exact) mass is 281 g/mol. The molecule has 0 amide bonds. The zero-order chi connectivity index (χ0) is 15.1. The molecule has 0 aliphatic carbocycles. The maximum atomic E-state index is 8.92. The van der Waals surface area contributed by atoms with E-state index >= 15 is 0 Å². The van der Waals surface area contributed by atoms with E-state index in [1.807, 2.05) is 25.1 Å². The van der Waals surface area contributed by atoms with E-state index in [-0.39, 0.29) is 0 Å². The van der Waals surface area contributed by atoms with Gasteiger partial charge in [0.15, 0.2) is 0 Å². The first kappa shape index (κ1) is 14.8. The Morgan fingerprint density at radius 3 is 2.76 bits per heavy atom. The van der Waals surface area contributed by atoms with Crippen LogP contribution in [0.3, 0.4) is 0 Å². The van der Waals surface area contributed by atoms with Crippen molar-refractivity contribution in [2.45, 2.75) is 26.7 Å². The van der Waals surface area contributed by atoms with Crippen molar-refractivity contribution in [2.24, 2.45) is 0 Å². The number of hydrogen-bond donors (Lipinski definition) is 2. The molecule has 0 atom stereocenters. The molecule has 2 rings (SSSR count). The van der Waals surface area contributed by atoms with Crippen LogP contribution in [0.2, 0.25) is 0 Å². The maximum Gasteiger partial charge on any atom is 0.136 e. The second-order valence-corrected chi connectivity index (χ2v) is 4.78. The molecule has 0 aliphatic heterocycles. The van der Waals surface area contributed by atoms with Crippen molar-refractivity contribution in [1.82, 2.24) is 9.97 Å². The molecular weight excluding hydrogens is 262 g/mol. The number of rotatable bonds is 6. The van der Waals surface area contributed by atoms with Gasteiger partial charge in [0.1, 0.15) is 17.5 Å². The summed E-state index contributed by atoms with van der Waals surface area (Å²) in [6, 6.07) is 11.3. The quantitative estimate of drug-likeness (QED) is 0.791. The number of hydrogen-bond acceptors (Lipinski definition) is 5. The summed E-state index contributed by atoms with van der Waals surface area (Å²) in [5.41, 5.74) is 1.46. The van der Waals surface area contributed by atoms with E-state index in [1.54, 1.807) is 12.1 Å². The lowest BCUT2D eigenvalue weighted by atomic mass is 10.2. The fourth-order valence-electron chi connectivity index (χ4n) is 1.93. The standard InChI is InChI=1S/C16H19N5/c1-3-4-8-18-15-10-16(20-12(2)19-15)21-14-7-5-6-13(9-14)11-17/h5-7,9-10H,3-4,8H2,1-2H3,(H2,18,19,20,21). The molecule has 0 aliphatic rings. The summed E-state index contributed by atoms with van der Waals surface area (Å²) in [4.78, 5) is 8.73. The predicted octanol–water partition coefficient (Wildman–Crippen LogP) is 3.61. The number of nitrogens with zero attached hydrogens (tertiary/aromatic N) is 3. The summed E-state index contributed by atoms with van der Waals surface area (Å²) >= 11 is 0. The average Bonchev–Trinajstić information content (AvgIpc) is 2.47. The highest BCUT2D eigenvalue weighted by Gasteiger charge is 2.03. The molecule has 5 heteroatoms. The van der Waals surface area contributed by atoms with Crippen LogP contribution >= 0.6 is 0 Å². The van der Waals surface area contributed by atoms with Crippen molar-refractivity contribution in [2.75, 3.05) is 17.2 Å². The normalized spacial score (nSPS) is 9.95. The van der Waals surface area contributed by atoms with Gasteiger partial charge in [-0.3, -0.25) is 0 Å². The third kappa shape index (κ3) is 4.46. The van der Waals surface area contributed by atoms with Crippen molar-refractivity contribution in [3.8, 4) is 6.07 Å². The second-order valence-electron chi connectivity index (χ2n) is 4.78. The highest BCUT2D eigenvalue weighted by Crippen LogP contribution is 2.18. The van der Waals surface area contributed by atoms with Gasteiger partial charge in [-0.05, 0) is 31.5 Å². The summed E-state index contributed by atoms with van der Waals surface area (Å²) in [6.45, 7) is 4.92. The summed E-state index contributed by atoms with van der Waals surface area (Å²) in [7, 11) is 0. The van der Waals surface area contributed by atoms with Gasteiger partial charge < -0.3 is 10.6 Å². The van der Waals surface area contributed by atoms with Crippen molar-refractivity contribution in [1.29, 1.82) is 5.26 Å². The van der Waals surface area contributed by atoms with E-state index in [9.17, 15) is 0 Å². The number of nitrogens with one attached hydrogen (secondary N) is 2. The minimum atomic E-state index is 0.618. The Hall–Kier alpha value is -2.61. The molecule has 0 spiro atoms. The molecule has 0 saturated carbocycles. The van der Waals surface area contributed by atoms with Gasteiger partial charge in [-0.15, -0.1) is 0 Å². The van der Waals surface area contributed by atoms with Crippen LogP contribution in [0.4, 0.5) is 17.3 Å². The van der Waals surface area contributed by atoms with Crippen LogP contribution in [0, 0.1) is 18.3 Å². The minimum absolute atomic E-state index is 0.618. The first-order chi connectivity index (χ1) is 10.2. The second kappa shape index (κ2) is 7.25. The van der Waals surface area contributed by atoms with Crippen LogP contribution in [0.5, 0.6) is 0 Å². The van der Waals surface area contributed by atoms with E-state index in [0.717, 1.165) is 36.7 Å². The van der Waals surface area contributed by atoms with Gasteiger partial charge in [0.2, 0.25) is 0 Å². The maximum absolute atomic E-state index is 8.92. The van der Waals surface area contributed by atoms with Gasteiger partial charge >= 0.3 is 0 Å². The minimum Gasteiger partial charge on any atom is -0.370 e. The van der Waals surface area contributed by atoms with Crippen molar-refractivity contribution < 1.29 is 0 Å². The molecule has 0 radical (unpaired) electrons. The molecule has 1 aromatic carbocycles. The number of nitriles is 1. The zero-order valence-corrected chi connectivity index (χ0v) is 12.3. The molecule has 1 heterocycles. The van der Waals surface area contributed by atoms with Gasteiger partial charge in [-0.2, -0.15) is 5.26 Å². The van der Waals surface area contributed by atoms with E-state index in [0.29, 0.717) is 11.4 Å². The highest BCUT2D eigenvalue weighted by atomic mass is 15.1. The Kier molecular flexibility index (Phi) is 5.10. The third-order valence-corrected chi connectivity index (χ3v) is 2.94. The van der Waals surface area contributed by atoms with Gasteiger partial charge in [-0.25, -0.2) is 9.97 Å². The van der Waals surface area contributed by atoms with Crippen LogP contribution in [-0.4, -0.2) is 16.5 Å².